The maximum Gasteiger partial charge on any atom is 0.166 e. The minimum atomic E-state index is -0.791. The van der Waals surface area contributed by atoms with Crippen LogP contribution in [-0.4, -0.2) is 19.3 Å². The Morgan fingerprint density at radius 2 is 1.62 bits per heavy atom. The van der Waals surface area contributed by atoms with E-state index >= 15 is 8.78 Å². The van der Waals surface area contributed by atoms with Crippen molar-refractivity contribution in [3.8, 4) is 16.9 Å². The Bertz CT molecular complexity index is 1230. The number of hydrogen-bond donors (Lipinski definition) is 0. The largest absolute Gasteiger partial charge is 0.493 e. The van der Waals surface area contributed by atoms with Gasteiger partial charge in [-0.3, -0.25) is 0 Å². The van der Waals surface area contributed by atoms with Gasteiger partial charge in [0.1, 0.15) is 11.6 Å². The van der Waals surface area contributed by atoms with Gasteiger partial charge in [-0.1, -0.05) is 61.9 Å². The summed E-state index contributed by atoms with van der Waals surface area (Å²) in [4.78, 5) is 0. The molecule has 0 aliphatic heterocycles. The number of rotatable bonds is 14. The van der Waals surface area contributed by atoms with Gasteiger partial charge in [-0.05, 0) is 92.0 Å². The fourth-order valence-electron chi connectivity index (χ4n) is 5.41. The number of hydrogen-bond acceptors (Lipinski definition) is 2. The van der Waals surface area contributed by atoms with Crippen molar-refractivity contribution in [3.05, 3.63) is 101 Å². The second-order valence-electron chi connectivity index (χ2n) is 10.8. The van der Waals surface area contributed by atoms with Gasteiger partial charge in [-0.15, -0.1) is 6.58 Å². The molecule has 40 heavy (non-hydrogen) atoms. The molecule has 1 aliphatic carbocycles. The van der Waals surface area contributed by atoms with E-state index in [0.29, 0.717) is 41.9 Å². The summed E-state index contributed by atoms with van der Waals surface area (Å²) in [5, 5.41) is 0. The number of aryl methyl sites for hydroxylation is 2. The van der Waals surface area contributed by atoms with Crippen molar-refractivity contribution >= 4 is 0 Å². The predicted molar refractivity (Wildman–Crippen MR) is 156 cm³/mol. The lowest BCUT2D eigenvalue weighted by molar-refractivity contribution is 0.0230. The van der Waals surface area contributed by atoms with Gasteiger partial charge in [0.25, 0.3) is 0 Å². The Balaban J connectivity index is 1.33. The Hall–Kier alpha value is -3.05. The fourth-order valence-corrected chi connectivity index (χ4v) is 5.41. The molecule has 0 radical (unpaired) electrons. The molecule has 3 aromatic rings. The van der Waals surface area contributed by atoms with E-state index in [1.165, 1.54) is 6.07 Å². The van der Waals surface area contributed by atoms with E-state index in [-0.39, 0.29) is 23.4 Å². The van der Waals surface area contributed by atoms with Crippen LogP contribution in [0.25, 0.3) is 11.1 Å². The first kappa shape index (κ1) is 29.9. The standard InChI is InChI=1S/C35H41F3O2/c1-3-5-7-23-40-30-19-16-28(33(36)24-30)13-10-25-8-11-26(12-9-25)31-20-21-32(35(38)34(31)37)27-14-17-29(18-15-27)39-22-6-4-2/h3,8-9,11-12,16,19-21,24,27,29H,1,4-7,10,13-15,17-18,22-23H2,2H3. The van der Waals surface area contributed by atoms with Gasteiger partial charge >= 0.3 is 0 Å². The highest BCUT2D eigenvalue weighted by molar-refractivity contribution is 5.65. The summed E-state index contributed by atoms with van der Waals surface area (Å²) in [6.07, 6.45) is 10.5. The van der Waals surface area contributed by atoms with Crippen LogP contribution in [0, 0.1) is 17.5 Å². The van der Waals surface area contributed by atoms with Crippen LogP contribution in [0.3, 0.4) is 0 Å². The van der Waals surface area contributed by atoms with Crippen molar-refractivity contribution in [1.29, 1.82) is 0 Å². The van der Waals surface area contributed by atoms with Crippen LogP contribution in [0.4, 0.5) is 13.2 Å². The Labute approximate surface area is 237 Å². The van der Waals surface area contributed by atoms with Gasteiger partial charge < -0.3 is 9.47 Å². The number of unbranched alkanes of at least 4 members (excludes halogenated alkanes) is 2. The average Bonchev–Trinajstić information content (AvgIpc) is 2.97. The highest BCUT2D eigenvalue weighted by atomic mass is 19.2. The molecule has 0 saturated heterocycles. The third-order valence-corrected chi connectivity index (χ3v) is 7.87. The first-order valence-corrected chi connectivity index (χ1v) is 14.7. The predicted octanol–water partition coefficient (Wildman–Crippen LogP) is 9.74. The van der Waals surface area contributed by atoms with Crippen LogP contribution >= 0.6 is 0 Å². The van der Waals surface area contributed by atoms with Crippen LogP contribution in [0.1, 0.15) is 80.9 Å². The van der Waals surface area contributed by atoms with Crippen LogP contribution in [0.2, 0.25) is 0 Å². The first-order valence-electron chi connectivity index (χ1n) is 14.7. The number of allylic oxidation sites excluding steroid dienone is 1. The van der Waals surface area contributed by atoms with Crippen molar-refractivity contribution < 1.29 is 22.6 Å². The second kappa shape index (κ2) is 15.1. The van der Waals surface area contributed by atoms with Crippen LogP contribution in [-0.2, 0) is 17.6 Å². The maximum atomic E-state index is 15.2. The van der Waals surface area contributed by atoms with Crippen LogP contribution < -0.4 is 4.74 Å². The Kier molecular flexibility index (Phi) is 11.3. The molecule has 4 rings (SSSR count). The molecule has 0 N–H and O–H groups in total. The SMILES string of the molecule is C=CCCCOc1ccc(CCc2ccc(-c3ccc(C4CCC(OCCCC)CC4)c(F)c3F)cc2)c(F)c1. The molecule has 0 aromatic heterocycles. The molecular formula is C35H41F3O2. The molecule has 5 heteroatoms. The zero-order chi connectivity index (χ0) is 28.3. The monoisotopic (exact) mass is 550 g/mol. The van der Waals surface area contributed by atoms with E-state index in [2.05, 4.69) is 13.5 Å². The van der Waals surface area contributed by atoms with E-state index < -0.39 is 11.6 Å². The van der Waals surface area contributed by atoms with Crippen molar-refractivity contribution in [3.63, 3.8) is 0 Å². The zero-order valence-electron chi connectivity index (χ0n) is 23.6. The number of benzene rings is 3. The van der Waals surface area contributed by atoms with Gasteiger partial charge in [0.05, 0.1) is 12.7 Å². The van der Waals surface area contributed by atoms with Gasteiger partial charge in [-0.2, -0.15) is 0 Å². The summed E-state index contributed by atoms with van der Waals surface area (Å²) in [7, 11) is 0. The molecule has 3 aromatic carbocycles. The molecule has 0 heterocycles. The molecule has 214 valence electrons. The molecule has 0 spiro atoms. The molecule has 1 fully saturated rings. The van der Waals surface area contributed by atoms with E-state index in [9.17, 15) is 4.39 Å². The molecule has 1 saturated carbocycles. The van der Waals surface area contributed by atoms with Crippen LogP contribution in [0.5, 0.6) is 5.75 Å². The highest BCUT2D eigenvalue weighted by Gasteiger charge is 2.27. The lowest BCUT2D eigenvalue weighted by Gasteiger charge is -2.29. The van der Waals surface area contributed by atoms with Gasteiger partial charge in [0, 0.05) is 18.2 Å². The maximum absolute atomic E-state index is 15.2. The van der Waals surface area contributed by atoms with Gasteiger partial charge in [0.15, 0.2) is 11.6 Å². The summed E-state index contributed by atoms with van der Waals surface area (Å²) in [5.41, 5.74) is 2.99. The second-order valence-corrected chi connectivity index (χ2v) is 10.8. The molecule has 0 bridgehead atoms. The summed E-state index contributed by atoms with van der Waals surface area (Å²) < 4.78 is 56.5. The number of halogens is 3. The average molecular weight is 551 g/mol. The number of ether oxygens (including phenoxy) is 2. The molecular weight excluding hydrogens is 509 g/mol. The van der Waals surface area contributed by atoms with Crippen LogP contribution in [0.15, 0.2) is 67.3 Å². The van der Waals surface area contributed by atoms with Crippen molar-refractivity contribution in [2.45, 2.75) is 83.2 Å². The van der Waals surface area contributed by atoms with E-state index in [4.69, 9.17) is 9.47 Å². The summed E-state index contributed by atoms with van der Waals surface area (Å²) in [6.45, 7) is 7.13. The lowest BCUT2D eigenvalue weighted by Crippen LogP contribution is -2.22. The minimum absolute atomic E-state index is 0.0234. The Morgan fingerprint density at radius 3 is 2.33 bits per heavy atom. The topological polar surface area (TPSA) is 18.5 Å². The quantitative estimate of drug-likeness (QED) is 0.147. The summed E-state index contributed by atoms with van der Waals surface area (Å²) in [6, 6.07) is 15.8. The normalized spacial score (nSPS) is 17.1. The fraction of sp³-hybridized carbons (Fsp3) is 0.429. The summed E-state index contributed by atoms with van der Waals surface area (Å²) in [5.74, 6) is -1.26. The van der Waals surface area contributed by atoms with Crippen molar-refractivity contribution in [2.75, 3.05) is 13.2 Å². The molecule has 2 nitrogen and oxygen atoms in total. The zero-order valence-corrected chi connectivity index (χ0v) is 23.6. The van der Waals surface area contributed by atoms with Crippen molar-refractivity contribution in [2.24, 2.45) is 0 Å². The van der Waals surface area contributed by atoms with E-state index in [0.717, 1.165) is 63.5 Å². The third kappa shape index (κ3) is 8.00. The van der Waals surface area contributed by atoms with Crippen molar-refractivity contribution in [1.82, 2.24) is 0 Å². The van der Waals surface area contributed by atoms with E-state index in [1.807, 2.05) is 30.3 Å². The highest BCUT2D eigenvalue weighted by Crippen LogP contribution is 2.38. The third-order valence-electron chi connectivity index (χ3n) is 7.87. The summed E-state index contributed by atoms with van der Waals surface area (Å²) >= 11 is 0. The molecule has 0 atom stereocenters. The first-order chi connectivity index (χ1) is 19.5. The molecule has 1 aliphatic rings. The smallest absolute Gasteiger partial charge is 0.166 e. The molecule has 0 amide bonds. The van der Waals surface area contributed by atoms with Gasteiger partial charge in [0.2, 0.25) is 0 Å². The van der Waals surface area contributed by atoms with Gasteiger partial charge in [-0.25, -0.2) is 13.2 Å². The van der Waals surface area contributed by atoms with E-state index in [1.54, 1.807) is 24.3 Å². The molecule has 0 unspecified atom stereocenters. The Morgan fingerprint density at radius 1 is 0.850 bits per heavy atom. The minimum Gasteiger partial charge on any atom is -0.493 e. The lowest BCUT2D eigenvalue weighted by atomic mass is 9.82.